The fraction of sp³-hybridized carbons (Fsp3) is 0.333. The van der Waals surface area contributed by atoms with Crippen molar-refractivity contribution in [2.45, 2.75) is 25.8 Å². The molecule has 1 atom stereocenters. The standard InChI is InChI=1S/C12H16N2O2S/c1-2-9(8-11(15)16)13-12(17)14-10-6-4-3-5-7-10/h3-7,9H,2,8H2,1H3,(H,15,16)(H2,13,14,17). The highest BCUT2D eigenvalue weighted by atomic mass is 32.1. The Balaban J connectivity index is 2.45. The van der Waals surface area contributed by atoms with Gasteiger partial charge in [0, 0.05) is 11.7 Å². The Morgan fingerprint density at radius 2 is 2.06 bits per heavy atom. The molecule has 1 aromatic carbocycles. The number of nitrogens with one attached hydrogen (secondary N) is 2. The molecule has 1 unspecified atom stereocenters. The third-order valence-electron chi connectivity index (χ3n) is 2.28. The van der Waals surface area contributed by atoms with Gasteiger partial charge in [0.15, 0.2) is 5.11 Å². The molecular formula is C12H16N2O2S. The molecule has 17 heavy (non-hydrogen) atoms. The summed E-state index contributed by atoms with van der Waals surface area (Å²) in [7, 11) is 0. The Hall–Kier alpha value is -1.62. The second-order valence-electron chi connectivity index (χ2n) is 3.67. The summed E-state index contributed by atoms with van der Waals surface area (Å²) in [6.45, 7) is 1.92. The Morgan fingerprint density at radius 3 is 2.59 bits per heavy atom. The van der Waals surface area contributed by atoms with Crippen LogP contribution in [0.25, 0.3) is 0 Å². The number of hydrogen-bond acceptors (Lipinski definition) is 2. The summed E-state index contributed by atoms with van der Waals surface area (Å²) >= 11 is 5.12. The predicted molar refractivity (Wildman–Crippen MR) is 72.1 cm³/mol. The first-order valence-corrected chi connectivity index (χ1v) is 5.87. The number of carboxylic acid groups (broad SMARTS) is 1. The van der Waals surface area contributed by atoms with E-state index in [4.69, 9.17) is 17.3 Å². The normalized spacial score (nSPS) is 11.6. The van der Waals surface area contributed by atoms with Gasteiger partial charge in [0.2, 0.25) is 0 Å². The van der Waals surface area contributed by atoms with E-state index >= 15 is 0 Å². The van der Waals surface area contributed by atoms with Crippen molar-refractivity contribution < 1.29 is 9.90 Å². The molecule has 0 radical (unpaired) electrons. The first-order chi connectivity index (χ1) is 8.11. The van der Waals surface area contributed by atoms with Crippen LogP contribution in [0.1, 0.15) is 19.8 Å². The molecule has 5 heteroatoms. The number of thiocarbonyl (C=S) groups is 1. The molecule has 1 rings (SSSR count). The summed E-state index contributed by atoms with van der Waals surface area (Å²) in [4.78, 5) is 10.6. The summed E-state index contributed by atoms with van der Waals surface area (Å²) in [6.07, 6.45) is 0.774. The van der Waals surface area contributed by atoms with Gasteiger partial charge in [0.05, 0.1) is 6.42 Å². The molecule has 4 nitrogen and oxygen atoms in total. The molecule has 0 amide bonds. The van der Waals surface area contributed by atoms with Gasteiger partial charge in [-0.3, -0.25) is 4.79 Å². The van der Waals surface area contributed by atoms with Gasteiger partial charge in [-0.2, -0.15) is 0 Å². The molecule has 0 aliphatic rings. The number of rotatable bonds is 5. The Bertz CT molecular complexity index is 381. The van der Waals surface area contributed by atoms with Crippen LogP contribution < -0.4 is 10.6 Å². The number of benzene rings is 1. The fourth-order valence-electron chi connectivity index (χ4n) is 1.38. The maximum atomic E-state index is 10.6. The Morgan fingerprint density at radius 1 is 1.41 bits per heavy atom. The van der Waals surface area contributed by atoms with Crippen LogP contribution in [0.4, 0.5) is 5.69 Å². The zero-order valence-corrected chi connectivity index (χ0v) is 10.5. The Labute approximate surface area is 106 Å². The zero-order chi connectivity index (χ0) is 12.7. The highest BCUT2D eigenvalue weighted by Gasteiger charge is 2.11. The van der Waals surface area contributed by atoms with E-state index in [1.165, 1.54) is 0 Å². The largest absolute Gasteiger partial charge is 0.481 e. The van der Waals surface area contributed by atoms with Gasteiger partial charge in [-0.1, -0.05) is 25.1 Å². The van der Waals surface area contributed by atoms with Gasteiger partial charge in [-0.25, -0.2) is 0 Å². The van der Waals surface area contributed by atoms with E-state index in [0.717, 1.165) is 5.69 Å². The van der Waals surface area contributed by atoms with Crippen LogP contribution in [-0.4, -0.2) is 22.2 Å². The van der Waals surface area contributed by atoms with Gasteiger partial charge in [-0.05, 0) is 30.8 Å². The van der Waals surface area contributed by atoms with Gasteiger partial charge in [-0.15, -0.1) is 0 Å². The molecule has 0 heterocycles. The average Bonchev–Trinajstić information content (AvgIpc) is 2.28. The Kier molecular flexibility index (Phi) is 5.42. The van der Waals surface area contributed by atoms with Crippen molar-refractivity contribution in [2.24, 2.45) is 0 Å². The van der Waals surface area contributed by atoms with Crippen molar-refractivity contribution in [2.75, 3.05) is 5.32 Å². The van der Waals surface area contributed by atoms with Gasteiger partial charge in [0.25, 0.3) is 0 Å². The van der Waals surface area contributed by atoms with Crippen LogP contribution in [-0.2, 0) is 4.79 Å². The summed E-state index contributed by atoms with van der Waals surface area (Å²) in [6, 6.07) is 9.37. The first-order valence-electron chi connectivity index (χ1n) is 5.46. The number of anilines is 1. The highest BCUT2D eigenvalue weighted by molar-refractivity contribution is 7.80. The van der Waals surface area contributed by atoms with E-state index < -0.39 is 5.97 Å². The second-order valence-corrected chi connectivity index (χ2v) is 4.08. The molecule has 0 aliphatic heterocycles. The summed E-state index contributed by atoms with van der Waals surface area (Å²) in [5.41, 5.74) is 0.884. The number of carboxylic acids is 1. The van der Waals surface area contributed by atoms with E-state index in [2.05, 4.69) is 10.6 Å². The third-order valence-corrected chi connectivity index (χ3v) is 2.50. The third kappa shape index (κ3) is 5.31. The number of hydrogen-bond donors (Lipinski definition) is 3. The number of carbonyl (C=O) groups is 1. The number of aliphatic carboxylic acids is 1. The van der Waals surface area contributed by atoms with Gasteiger partial charge in [0.1, 0.15) is 0 Å². The maximum absolute atomic E-state index is 10.6. The molecule has 0 aromatic heterocycles. The maximum Gasteiger partial charge on any atom is 0.305 e. The summed E-state index contributed by atoms with van der Waals surface area (Å²) < 4.78 is 0. The van der Waals surface area contributed by atoms with Crippen LogP contribution >= 0.6 is 12.2 Å². The molecule has 0 fully saturated rings. The molecule has 0 bridgehead atoms. The molecular weight excluding hydrogens is 236 g/mol. The molecule has 0 saturated heterocycles. The van der Waals surface area contributed by atoms with Crippen molar-refractivity contribution in [3.05, 3.63) is 30.3 Å². The van der Waals surface area contributed by atoms with E-state index in [1.54, 1.807) is 0 Å². The minimum atomic E-state index is -0.827. The van der Waals surface area contributed by atoms with Crippen LogP contribution in [0.15, 0.2) is 30.3 Å². The van der Waals surface area contributed by atoms with E-state index in [1.807, 2.05) is 37.3 Å². The lowest BCUT2D eigenvalue weighted by Gasteiger charge is -2.17. The van der Waals surface area contributed by atoms with Crippen LogP contribution in [0, 0.1) is 0 Å². The van der Waals surface area contributed by atoms with Crippen molar-refractivity contribution >= 4 is 29.0 Å². The fourth-order valence-corrected chi connectivity index (χ4v) is 1.67. The SMILES string of the molecule is CCC(CC(=O)O)NC(=S)Nc1ccccc1. The lowest BCUT2D eigenvalue weighted by molar-refractivity contribution is -0.137. The highest BCUT2D eigenvalue weighted by Crippen LogP contribution is 2.05. The summed E-state index contributed by atoms with van der Waals surface area (Å²) in [5.74, 6) is -0.827. The van der Waals surface area contributed by atoms with Crippen molar-refractivity contribution in [1.82, 2.24) is 5.32 Å². The predicted octanol–water partition coefficient (Wildman–Crippen LogP) is 2.23. The molecule has 3 N–H and O–H groups in total. The topological polar surface area (TPSA) is 61.4 Å². The smallest absolute Gasteiger partial charge is 0.305 e. The van der Waals surface area contributed by atoms with Crippen LogP contribution in [0.3, 0.4) is 0 Å². The average molecular weight is 252 g/mol. The molecule has 0 aliphatic carbocycles. The van der Waals surface area contributed by atoms with E-state index in [9.17, 15) is 4.79 Å². The van der Waals surface area contributed by atoms with E-state index in [-0.39, 0.29) is 12.5 Å². The second kappa shape index (κ2) is 6.85. The zero-order valence-electron chi connectivity index (χ0n) is 9.64. The minimum absolute atomic E-state index is 0.0626. The van der Waals surface area contributed by atoms with E-state index in [0.29, 0.717) is 11.5 Å². The van der Waals surface area contributed by atoms with Crippen LogP contribution in [0.5, 0.6) is 0 Å². The molecule has 1 aromatic rings. The number of para-hydroxylation sites is 1. The first kappa shape index (κ1) is 13.4. The monoisotopic (exact) mass is 252 g/mol. The van der Waals surface area contributed by atoms with Crippen molar-refractivity contribution in [3.63, 3.8) is 0 Å². The van der Waals surface area contributed by atoms with Crippen molar-refractivity contribution in [3.8, 4) is 0 Å². The molecule has 0 spiro atoms. The lowest BCUT2D eigenvalue weighted by atomic mass is 10.1. The van der Waals surface area contributed by atoms with Crippen molar-refractivity contribution in [1.29, 1.82) is 0 Å². The van der Waals surface area contributed by atoms with Gasteiger partial charge < -0.3 is 15.7 Å². The quantitative estimate of drug-likeness (QED) is 0.701. The summed E-state index contributed by atoms with van der Waals surface area (Å²) in [5, 5.41) is 15.2. The lowest BCUT2D eigenvalue weighted by Crippen LogP contribution is -2.38. The van der Waals surface area contributed by atoms with Gasteiger partial charge >= 0.3 is 5.97 Å². The van der Waals surface area contributed by atoms with Crippen LogP contribution in [0.2, 0.25) is 0 Å². The molecule has 0 saturated carbocycles. The molecule has 92 valence electrons. The minimum Gasteiger partial charge on any atom is -0.481 e.